The van der Waals surface area contributed by atoms with Crippen LogP contribution in [0.3, 0.4) is 0 Å². The number of pyridine rings is 1. The Labute approximate surface area is 242 Å². The summed E-state index contributed by atoms with van der Waals surface area (Å²) < 4.78 is 19.9. The van der Waals surface area contributed by atoms with Crippen LogP contribution in [0.2, 0.25) is 0 Å². The lowest BCUT2D eigenvalue weighted by atomic mass is 10.0. The predicted octanol–water partition coefficient (Wildman–Crippen LogP) is 5.67. The standard InChI is InChI=1S/C31H31FN6O4/c1-19-9-10-22-23(6-2-8-26(22)38-16-12-20(17-32)29(38)39)27(19)42-28-24(7-3-13-33-28)25-11-14-34-30(36-25)35-21-5-4-15-37(18-21)31(40)41/h2-3,6-11,13-14,20-21H,4-5,12,15-18H2,1H3,(H,40,41)(H,34,35,36). The normalized spacial score (nSPS) is 18.9. The number of anilines is 2. The fourth-order valence-electron chi connectivity index (χ4n) is 5.71. The number of alkyl halides is 1. The van der Waals surface area contributed by atoms with E-state index < -0.39 is 18.7 Å². The highest BCUT2D eigenvalue weighted by molar-refractivity contribution is 6.07. The van der Waals surface area contributed by atoms with Crippen LogP contribution in [0.25, 0.3) is 22.0 Å². The summed E-state index contributed by atoms with van der Waals surface area (Å²) in [4.78, 5) is 40.9. The van der Waals surface area contributed by atoms with Crippen molar-refractivity contribution >= 4 is 34.4 Å². The molecule has 2 aromatic carbocycles. The van der Waals surface area contributed by atoms with Crippen LogP contribution in [0.4, 0.5) is 20.8 Å². The second-order valence-corrected chi connectivity index (χ2v) is 10.6. The number of ether oxygens (including phenoxy) is 1. The average molecular weight is 571 g/mol. The zero-order valence-electron chi connectivity index (χ0n) is 23.2. The number of piperidine rings is 1. The van der Waals surface area contributed by atoms with Gasteiger partial charge in [-0.25, -0.2) is 19.7 Å². The van der Waals surface area contributed by atoms with Crippen molar-refractivity contribution in [3.05, 3.63) is 66.5 Å². The molecule has 0 aliphatic carbocycles. The number of hydrogen-bond donors (Lipinski definition) is 2. The quantitative estimate of drug-likeness (QED) is 0.292. The van der Waals surface area contributed by atoms with E-state index >= 15 is 0 Å². The van der Waals surface area contributed by atoms with E-state index in [0.29, 0.717) is 54.9 Å². The van der Waals surface area contributed by atoms with Crippen molar-refractivity contribution in [3.63, 3.8) is 0 Å². The third kappa shape index (κ3) is 5.29. The number of carbonyl (C=O) groups is 2. The number of carbonyl (C=O) groups excluding carboxylic acids is 1. The van der Waals surface area contributed by atoms with Crippen LogP contribution < -0.4 is 15.0 Å². The van der Waals surface area contributed by atoms with Crippen LogP contribution in [-0.4, -0.2) is 69.3 Å². The van der Waals surface area contributed by atoms with Gasteiger partial charge in [-0.1, -0.05) is 24.3 Å². The Bertz CT molecular complexity index is 1650. The van der Waals surface area contributed by atoms with Gasteiger partial charge in [-0.05, 0) is 56.0 Å². The van der Waals surface area contributed by atoms with Gasteiger partial charge in [-0.15, -0.1) is 0 Å². The van der Waals surface area contributed by atoms with Crippen LogP contribution in [0.5, 0.6) is 11.6 Å². The number of rotatable bonds is 7. The van der Waals surface area contributed by atoms with Gasteiger partial charge >= 0.3 is 6.09 Å². The number of aromatic nitrogens is 3. The number of likely N-dealkylation sites (tertiary alicyclic amines) is 1. The number of hydrogen-bond acceptors (Lipinski definition) is 7. The average Bonchev–Trinajstić information content (AvgIpc) is 3.38. The summed E-state index contributed by atoms with van der Waals surface area (Å²) in [6, 6.07) is 14.9. The molecular weight excluding hydrogens is 539 g/mol. The highest BCUT2D eigenvalue weighted by atomic mass is 19.1. The maximum absolute atomic E-state index is 13.4. The lowest BCUT2D eigenvalue weighted by Gasteiger charge is -2.31. The SMILES string of the molecule is Cc1ccc2c(N3CCC(CF)C3=O)cccc2c1Oc1ncccc1-c1ccnc(NC2CCCN(C(=O)O)C2)n1. The van der Waals surface area contributed by atoms with Crippen molar-refractivity contribution in [1.82, 2.24) is 19.9 Å². The summed E-state index contributed by atoms with van der Waals surface area (Å²) in [7, 11) is 0. The largest absolute Gasteiger partial charge is 0.465 e. The first-order chi connectivity index (χ1) is 20.4. The number of fused-ring (bicyclic) bond motifs is 1. The van der Waals surface area contributed by atoms with Crippen molar-refractivity contribution < 1.29 is 23.8 Å². The molecule has 2 aliphatic heterocycles. The molecule has 2 aromatic heterocycles. The first-order valence-corrected chi connectivity index (χ1v) is 14.0. The number of nitrogens with zero attached hydrogens (tertiary/aromatic N) is 5. The zero-order chi connectivity index (χ0) is 29.2. The molecule has 2 unspecified atom stereocenters. The third-order valence-electron chi connectivity index (χ3n) is 7.91. The molecule has 2 atom stereocenters. The van der Waals surface area contributed by atoms with E-state index in [9.17, 15) is 19.1 Å². The Morgan fingerprint density at radius 1 is 1.07 bits per heavy atom. The van der Waals surface area contributed by atoms with Gasteiger partial charge < -0.3 is 25.0 Å². The van der Waals surface area contributed by atoms with Crippen molar-refractivity contribution in [1.29, 1.82) is 0 Å². The minimum absolute atomic E-state index is 0.0927. The first-order valence-electron chi connectivity index (χ1n) is 14.0. The monoisotopic (exact) mass is 570 g/mol. The Balaban J connectivity index is 1.31. The van der Waals surface area contributed by atoms with Crippen LogP contribution in [0.1, 0.15) is 24.8 Å². The number of halogens is 1. The molecule has 42 heavy (non-hydrogen) atoms. The van der Waals surface area contributed by atoms with Crippen LogP contribution >= 0.6 is 0 Å². The lowest BCUT2D eigenvalue weighted by molar-refractivity contribution is -0.120. The van der Waals surface area contributed by atoms with Crippen LogP contribution in [0, 0.1) is 12.8 Å². The molecule has 4 aromatic rings. The molecule has 216 valence electrons. The summed E-state index contributed by atoms with van der Waals surface area (Å²) in [5.41, 5.74) is 2.87. The zero-order valence-corrected chi connectivity index (χ0v) is 23.2. The van der Waals surface area contributed by atoms with E-state index in [0.717, 1.165) is 34.9 Å². The summed E-state index contributed by atoms with van der Waals surface area (Å²) in [5, 5.41) is 14.3. The molecule has 10 nitrogen and oxygen atoms in total. The molecule has 4 heterocycles. The van der Waals surface area contributed by atoms with Gasteiger partial charge in [0.1, 0.15) is 12.4 Å². The van der Waals surface area contributed by atoms with Gasteiger partial charge in [0, 0.05) is 48.8 Å². The van der Waals surface area contributed by atoms with E-state index in [4.69, 9.17) is 9.72 Å². The molecule has 0 radical (unpaired) electrons. The van der Waals surface area contributed by atoms with Crippen molar-refractivity contribution in [2.45, 2.75) is 32.2 Å². The molecule has 0 bridgehead atoms. The molecular formula is C31H31FN6O4. The first kappa shape index (κ1) is 27.4. The molecule has 6 rings (SSSR count). The van der Waals surface area contributed by atoms with E-state index in [1.807, 2.05) is 43.3 Å². The topological polar surface area (TPSA) is 121 Å². The van der Waals surface area contributed by atoms with Gasteiger partial charge in [0.25, 0.3) is 0 Å². The Morgan fingerprint density at radius 2 is 1.95 bits per heavy atom. The fraction of sp³-hybridized carbons (Fsp3) is 0.323. The lowest BCUT2D eigenvalue weighted by Crippen LogP contribution is -2.44. The number of amides is 2. The smallest absolute Gasteiger partial charge is 0.407 e. The summed E-state index contributed by atoms with van der Waals surface area (Å²) in [5.74, 6) is 0.558. The van der Waals surface area contributed by atoms with E-state index in [-0.39, 0.29) is 11.9 Å². The molecule has 2 saturated heterocycles. The van der Waals surface area contributed by atoms with Gasteiger partial charge in [0.15, 0.2) is 0 Å². The molecule has 2 aliphatic rings. The van der Waals surface area contributed by atoms with E-state index in [1.165, 1.54) is 4.90 Å². The second-order valence-electron chi connectivity index (χ2n) is 10.6. The Morgan fingerprint density at radius 3 is 2.76 bits per heavy atom. The third-order valence-corrected chi connectivity index (χ3v) is 7.91. The van der Waals surface area contributed by atoms with Crippen LogP contribution in [0.15, 0.2) is 60.9 Å². The summed E-state index contributed by atoms with van der Waals surface area (Å²) in [6.45, 7) is 2.65. The fourth-order valence-corrected chi connectivity index (χ4v) is 5.71. The number of carboxylic acid groups (broad SMARTS) is 1. The van der Waals surface area contributed by atoms with Gasteiger partial charge in [0.2, 0.25) is 17.7 Å². The number of benzene rings is 2. The number of aryl methyl sites for hydroxylation is 1. The predicted molar refractivity (Wildman–Crippen MR) is 157 cm³/mol. The number of nitrogens with one attached hydrogen (secondary N) is 1. The molecule has 2 fully saturated rings. The van der Waals surface area contributed by atoms with Gasteiger partial charge in [-0.3, -0.25) is 9.18 Å². The van der Waals surface area contributed by atoms with E-state index in [2.05, 4.69) is 15.3 Å². The Hall–Kier alpha value is -4.80. The van der Waals surface area contributed by atoms with E-state index in [1.54, 1.807) is 29.4 Å². The highest BCUT2D eigenvalue weighted by Gasteiger charge is 2.33. The summed E-state index contributed by atoms with van der Waals surface area (Å²) in [6.07, 6.45) is 4.43. The van der Waals surface area contributed by atoms with Crippen molar-refractivity contribution in [2.24, 2.45) is 5.92 Å². The summed E-state index contributed by atoms with van der Waals surface area (Å²) >= 11 is 0. The maximum Gasteiger partial charge on any atom is 0.407 e. The van der Waals surface area contributed by atoms with Gasteiger partial charge in [0.05, 0.1) is 22.9 Å². The molecule has 0 spiro atoms. The van der Waals surface area contributed by atoms with Crippen LogP contribution in [-0.2, 0) is 4.79 Å². The maximum atomic E-state index is 13.4. The molecule has 11 heteroatoms. The van der Waals surface area contributed by atoms with Gasteiger partial charge in [-0.2, -0.15) is 0 Å². The minimum atomic E-state index is -0.930. The second kappa shape index (κ2) is 11.6. The van der Waals surface area contributed by atoms with Crippen molar-refractivity contribution in [2.75, 3.05) is 36.5 Å². The minimum Gasteiger partial charge on any atom is -0.465 e. The highest BCUT2D eigenvalue weighted by Crippen LogP contribution is 2.40. The Kier molecular flexibility index (Phi) is 7.56. The molecule has 0 saturated carbocycles. The molecule has 2 amide bonds. The molecule has 2 N–H and O–H groups in total. The van der Waals surface area contributed by atoms with Crippen molar-refractivity contribution in [3.8, 4) is 22.9 Å².